The molecule has 0 saturated heterocycles. The minimum absolute atomic E-state index is 0.0786. The number of hydrogen-bond donors (Lipinski definition) is 1. The third-order valence-electron chi connectivity index (χ3n) is 2.34. The summed E-state index contributed by atoms with van der Waals surface area (Å²) in [6.07, 6.45) is -0.0786. The number of rotatable bonds is 7. The van der Waals surface area contributed by atoms with Crippen LogP contribution in [-0.4, -0.2) is 31.4 Å². The summed E-state index contributed by atoms with van der Waals surface area (Å²) in [7, 11) is 1.60. The van der Waals surface area contributed by atoms with Crippen LogP contribution in [0.5, 0.6) is 11.5 Å². The van der Waals surface area contributed by atoms with Gasteiger partial charge in [0.25, 0.3) is 0 Å². The molecule has 0 fully saturated rings. The minimum atomic E-state index is -0.0786. The van der Waals surface area contributed by atoms with Gasteiger partial charge in [-0.15, -0.1) is 0 Å². The first-order chi connectivity index (χ1) is 8.58. The number of benzene rings is 1. The Bertz CT molecular complexity index is 409. The van der Waals surface area contributed by atoms with Crippen molar-refractivity contribution in [2.75, 3.05) is 20.3 Å². The second-order valence-electron chi connectivity index (χ2n) is 3.81. The largest absolute Gasteiger partial charge is 0.497 e. The smallest absolute Gasteiger partial charge is 0.133 e. The van der Waals surface area contributed by atoms with Crippen LogP contribution in [0.15, 0.2) is 18.2 Å². The molecular weight excluding hydrogens is 250 g/mol. The van der Waals surface area contributed by atoms with E-state index in [4.69, 9.17) is 32.2 Å². The van der Waals surface area contributed by atoms with Crippen LogP contribution < -0.4 is 15.2 Å². The van der Waals surface area contributed by atoms with Crippen LogP contribution in [0.25, 0.3) is 0 Å². The third-order valence-corrected chi connectivity index (χ3v) is 2.56. The molecule has 0 radical (unpaired) electrons. The van der Waals surface area contributed by atoms with Gasteiger partial charge in [0.1, 0.15) is 22.6 Å². The Morgan fingerprint density at radius 3 is 2.72 bits per heavy atom. The van der Waals surface area contributed by atoms with Crippen LogP contribution >= 0.6 is 12.2 Å². The molecule has 0 aliphatic carbocycles. The van der Waals surface area contributed by atoms with Gasteiger partial charge in [-0.1, -0.05) is 12.2 Å². The Labute approximate surface area is 113 Å². The van der Waals surface area contributed by atoms with Crippen LogP contribution in [0, 0.1) is 0 Å². The van der Waals surface area contributed by atoms with Crippen molar-refractivity contribution in [3.63, 3.8) is 0 Å². The van der Waals surface area contributed by atoms with Crippen molar-refractivity contribution in [3.8, 4) is 11.5 Å². The van der Waals surface area contributed by atoms with Crippen molar-refractivity contribution in [1.82, 2.24) is 0 Å². The molecule has 1 rings (SSSR count). The van der Waals surface area contributed by atoms with Crippen molar-refractivity contribution in [2.24, 2.45) is 5.73 Å². The van der Waals surface area contributed by atoms with Gasteiger partial charge < -0.3 is 19.9 Å². The molecule has 1 aromatic rings. The summed E-state index contributed by atoms with van der Waals surface area (Å²) in [4.78, 5) is 0.302. The van der Waals surface area contributed by atoms with Crippen LogP contribution in [0.2, 0.25) is 0 Å². The van der Waals surface area contributed by atoms with Crippen LogP contribution in [0.3, 0.4) is 0 Å². The summed E-state index contributed by atoms with van der Waals surface area (Å²) in [5.74, 6) is 1.32. The minimum Gasteiger partial charge on any atom is -0.497 e. The highest BCUT2D eigenvalue weighted by molar-refractivity contribution is 7.80. The fraction of sp³-hybridized carbons (Fsp3) is 0.462. The predicted octanol–water partition coefficient (Wildman–Crippen LogP) is 2.13. The van der Waals surface area contributed by atoms with Gasteiger partial charge in [-0.25, -0.2) is 0 Å². The lowest BCUT2D eigenvalue weighted by Crippen LogP contribution is -2.21. The van der Waals surface area contributed by atoms with Crippen LogP contribution in [-0.2, 0) is 4.74 Å². The molecule has 2 N–H and O–H groups in total. The maximum Gasteiger partial charge on any atom is 0.133 e. The molecule has 0 aromatic heterocycles. The van der Waals surface area contributed by atoms with E-state index in [1.165, 1.54) is 0 Å². The standard InChI is InChI=1S/C13H19NO3S/c1-4-16-8-9(2)17-12-7-10(15-3)5-6-11(12)13(14)18/h5-7,9H,4,8H2,1-3H3,(H2,14,18). The Kier molecular flexibility index (Phi) is 5.88. The highest BCUT2D eigenvalue weighted by Gasteiger charge is 2.11. The lowest BCUT2D eigenvalue weighted by Gasteiger charge is -2.17. The summed E-state index contributed by atoms with van der Waals surface area (Å²) in [5.41, 5.74) is 6.36. The fourth-order valence-corrected chi connectivity index (χ4v) is 1.63. The van der Waals surface area contributed by atoms with Crippen molar-refractivity contribution in [3.05, 3.63) is 23.8 Å². The van der Waals surface area contributed by atoms with Crippen LogP contribution in [0.1, 0.15) is 19.4 Å². The first kappa shape index (κ1) is 14.7. The lowest BCUT2D eigenvalue weighted by molar-refractivity contribution is 0.0655. The van der Waals surface area contributed by atoms with E-state index in [-0.39, 0.29) is 6.10 Å². The molecule has 1 unspecified atom stereocenters. The van der Waals surface area contributed by atoms with E-state index >= 15 is 0 Å². The number of hydrogen-bond acceptors (Lipinski definition) is 4. The van der Waals surface area contributed by atoms with Crippen molar-refractivity contribution >= 4 is 17.2 Å². The Balaban J connectivity index is 2.86. The zero-order valence-corrected chi connectivity index (χ0v) is 11.8. The molecule has 18 heavy (non-hydrogen) atoms. The van der Waals surface area contributed by atoms with Crippen molar-refractivity contribution < 1.29 is 14.2 Å². The van der Waals surface area contributed by atoms with E-state index in [1.54, 1.807) is 25.3 Å². The number of thiocarbonyl (C=S) groups is 1. The molecule has 100 valence electrons. The van der Waals surface area contributed by atoms with Crippen LogP contribution in [0.4, 0.5) is 0 Å². The summed E-state index contributed by atoms with van der Waals surface area (Å²) in [5, 5.41) is 0. The normalized spacial score (nSPS) is 11.9. The zero-order chi connectivity index (χ0) is 13.5. The molecule has 0 saturated carbocycles. The van der Waals surface area contributed by atoms with E-state index in [0.29, 0.717) is 35.3 Å². The average Bonchev–Trinajstić information content (AvgIpc) is 2.35. The average molecular weight is 269 g/mol. The van der Waals surface area contributed by atoms with Gasteiger partial charge in [0, 0.05) is 12.7 Å². The Morgan fingerprint density at radius 1 is 1.44 bits per heavy atom. The van der Waals surface area contributed by atoms with Gasteiger partial charge in [0.2, 0.25) is 0 Å². The quantitative estimate of drug-likeness (QED) is 0.769. The van der Waals surface area contributed by atoms with Crippen molar-refractivity contribution in [1.29, 1.82) is 0 Å². The molecule has 1 atom stereocenters. The molecule has 4 nitrogen and oxygen atoms in total. The van der Waals surface area contributed by atoms with E-state index in [1.807, 2.05) is 13.8 Å². The molecule has 5 heteroatoms. The lowest BCUT2D eigenvalue weighted by atomic mass is 10.2. The third kappa shape index (κ3) is 4.16. The zero-order valence-electron chi connectivity index (χ0n) is 10.9. The summed E-state index contributed by atoms with van der Waals surface area (Å²) in [6, 6.07) is 5.37. The number of methoxy groups -OCH3 is 1. The second kappa shape index (κ2) is 7.18. The van der Waals surface area contributed by atoms with E-state index in [9.17, 15) is 0 Å². The molecular formula is C13H19NO3S. The monoisotopic (exact) mass is 269 g/mol. The van der Waals surface area contributed by atoms with Gasteiger partial charge >= 0.3 is 0 Å². The van der Waals surface area contributed by atoms with Crippen molar-refractivity contribution in [2.45, 2.75) is 20.0 Å². The maximum absolute atomic E-state index is 5.78. The summed E-state index contributed by atoms with van der Waals surface area (Å²) in [6.45, 7) is 5.05. The van der Waals surface area contributed by atoms with E-state index < -0.39 is 0 Å². The Morgan fingerprint density at radius 2 is 2.17 bits per heavy atom. The first-order valence-electron chi connectivity index (χ1n) is 5.80. The number of ether oxygens (including phenoxy) is 3. The van der Waals surface area contributed by atoms with Gasteiger partial charge in [-0.05, 0) is 26.0 Å². The second-order valence-corrected chi connectivity index (χ2v) is 4.25. The molecule has 0 heterocycles. The molecule has 1 aromatic carbocycles. The van der Waals surface area contributed by atoms with Gasteiger partial charge in [0.15, 0.2) is 0 Å². The highest BCUT2D eigenvalue weighted by atomic mass is 32.1. The SMILES string of the molecule is CCOCC(C)Oc1cc(OC)ccc1C(N)=S. The highest BCUT2D eigenvalue weighted by Crippen LogP contribution is 2.25. The van der Waals surface area contributed by atoms with E-state index in [2.05, 4.69) is 0 Å². The molecule has 0 aliphatic rings. The summed E-state index contributed by atoms with van der Waals surface area (Å²) < 4.78 is 16.2. The van der Waals surface area contributed by atoms with Gasteiger partial charge in [-0.3, -0.25) is 0 Å². The topological polar surface area (TPSA) is 53.7 Å². The maximum atomic E-state index is 5.78. The number of nitrogens with two attached hydrogens (primary N) is 1. The molecule has 0 spiro atoms. The van der Waals surface area contributed by atoms with Gasteiger partial charge in [-0.2, -0.15) is 0 Å². The first-order valence-corrected chi connectivity index (χ1v) is 6.21. The Hall–Kier alpha value is -1.33. The predicted molar refractivity (Wildman–Crippen MR) is 75.5 cm³/mol. The summed E-state index contributed by atoms with van der Waals surface area (Å²) >= 11 is 5.00. The van der Waals surface area contributed by atoms with E-state index in [0.717, 1.165) is 0 Å². The molecule has 0 aliphatic heterocycles. The van der Waals surface area contributed by atoms with Gasteiger partial charge in [0.05, 0.1) is 19.3 Å². The molecule has 0 amide bonds. The molecule has 0 bridgehead atoms. The fourth-order valence-electron chi connectivity index (χ4n) is 1.47.